The number of aliphatic hydroxyl groups is 1. The van der Waals surface area contributed by atoms with E-state index in [-0.39, 0.29) is 5.91 Å². The maximum Gasteiger partial charge on any atom is 0.258 e. The Balaban J connectivity index is 1.69. The summed E-state index contributed by atoms with van der Waals surface area (Å²) in [5, 5.41) is 18.4. The van der Waals surface area contributed by atoms with Gasteiger partial charge in [-0.3, -0.25) is 24.4 Å². The summed E-state index contributed by atoms with van der Waals surface area (Å²) in [4.78, 5) is 43.9. The topological polar surface area (TPSA) is 133 Å². The average molecular weight is 574 g/mol. The quantitative estimate of drug-likeness (QED) is 0.434. The normalized spacial score (nSPS) is 28.8. The van der Waals surface area contributed by atoms with Crippen LogP contribution in [-0.4, -0.2) is 70.3 Å². The predicted octanol–water partition coefficient (Wildman–Crippen LogP) is 2.82. The first kappa shape index (κ1) is 30.5. The van der Waals surface area contributed by atoms with Crippen LogP contribution in [0.2, 0.25) is 0 Å². The number of amides is 3. The summed E-state index contributed by atoms with van der Waals surface area (Å²) in [6.45, 7) is 6.83. The van der Waals surface area contributed by atoms with E-state index < -0.39 is 60.6 Å². The molecule has 0 aliphatic carbocycles. The molecule has 5 bridgehead atoms. The van der Waals surface area contributed by atoms with Crippen LogP contribution in [0.25, 0.3) is 17.0 Å². The summed E-state index contributed by atoms with van der Waals surface area (Å²) in [5.74, 6) is -1.80. The van der Waals surface area contributed by atoms with Crippen molar-refractivity contribution in [3.05, 3.63) is 47.7 Å². The van der Waals surface area contributed by atoms with Crippen molar-refractivity contribution in [2.45, 2.75) is 83.9 Å². The molecule has 4 N–H and O–H groups in total. The average Bonchev–Trinajstić information content (AvgIpc) is 2.94. The second kappa shape index (κ2) is 12.6. The summed E-state index contributed by atoms with van der Waals surface area (Å²) in [7, 11) is 0. The number of hydrazine groups is 1. The Hall–Kier alpha value is -3.48. The van der Waals surface area contributed by atoms with Crippen LogP contribution in [0, 0.1) is 5.41 Å². The van der Waals surface area contributed by atoms with E-state index >= 15 is 0 Å². The lowest BCUT2D eigenvalue weighted by molar-refractivity contribution is -0.192. The molecule has 222 valence electrons. The van der Waals surface area contributed by atoms with E-state index in [4.69, 9.17) is 9.72 Å². The molecule has 41 heavy (non-hydrogen) atoms. The summed E-state index contributed by atoms with van der Waals surface area (Å²) in [6.07, 6.45) is -2.74. The summed E-state index contributed by atoms with van der Waals surface area (Å²) < 4.78 is 32.2. The lowest BCUT2D eigenvalue weighted by Crippen LogP contribution is -2.61. The van der Waals surface area contributed by atoms with Gasteiger partial charge in [0.1, 0.15) is 18.2 Å². The molecule has 1 saturated heterocycles. The maximum absolute atomic E-state index is 13.4. The van der Waals surface area contributed by atoms with Crippen molar-refractivity contribution in [1.82, 2.24) is 26.1 Å². The van der Waals surface area contributed by atoms with Gasteiger partial charge >= 0.3 is 0 Å². The third kappa shape index (κ3) is 7.43. The van der Waals surface area contributed by atoms with Crippen molar-refractivity contribution in [1.29, 1.82) is 0 Å². The minimum atomic E-state index is -2.89. The van der Waals surface area contributed by atoms with Crippen LogP contribution >= 0.6 is 0 Å². The summed E-state index contributed by atoms with van der Waals surface area (Å²) in [6, 6.07) is 7.17. The Labute approximate surface area is 237 Å². The molecule has 2 aromatic rings. The third-order valence-electron chi connectivity index (χ3n) is 7.36. The number of pyridine rings is 1. The number of aliphatic hydroxyl groups excluding tert-OH is 1. The number of nitrogens with one attached hydrogen (secondary N) is 3. The Bertz CT molecular complexity index is 1320. The van der Waals surface area contributed by atoms with Crippen LogP contribution in [0.4, 0.5) is 8.78 Å². The van der Waals surface area contributed by atoms with Crippen LogP contribution in [0.15, 0.2) is 36.4 Å². The zero-order valence-corrected chi connectivity index (χ0v) is 23.6. The molecule has 0 spiro atoms. The number of halogens is 2. The van der Waals surface area contributed by atoms with Gasteiger partial charge < -0.3 is 20.5 Å². The fraction of sp³-hybridized carbons (Fsp3) is 0.517. The third-order valence-corrected chi connectivity index (χ3v) is 7.36. The van der Waals surface area contributed by atoms with Gasteiger partial charge in [-0.05, 0) is 44.4 Å². The summed E-state index contributed by atoms with van der Waals surface area (Å²) in [5.41, 5.74) is 3.97. The van der Waals surface area contributed by atoms with Gasteiger partial charge in [0.2, 0.25) is 18.2 Å². The van der Waals surface area contributed by atoms with Gasteiger partial charge in [0.25, 0.3) is 5.91 Å². The molecule has 0 saturated carbocycles. The van der Waals surface area contributed by atoms with Crippen molar-refractivity contribution in [2.24, 2.45) is 5.41 Å². The highest BCUT2D eigenvalue weighted by Gasteiger charge is 2.36. The van der Waals surface area contributed by atoms with Crippen molar-refractivity contribution >= 4 is 34.7 Å². The van der Waals surface area contributed by atoms with E-state index in [1.54, 1.807) is 26.0 Å². The molecule has 0 radical (unpaired) electrons. The van der Waals surface area contributed by atoms with Gasteiger partial charge in [-0.1, -0.05) is 44.2 Å². The Morgan fingerprint density at radius 2 is 1.80 bits per heavy atom. The van der Waals surface area contributed by atoms with Gasteiger partial charge in [-0.25, -0.2) is 14.2 Å². The zero-order chi connectivity index (χ0) is 29.9. The number of benzene rings is 1. The molecule has 4 rings (SSSR count). The molecule has 3 amide bonds. The van der Waals surface area contributed by atoms with E-state index in [9.17, 15) is 28.3 Å². The molecule has 1 aromatic heterocycles. The smallest absolute Gasteiger partial charge is 0.258 e. The number of fused-ring (bicyclic) bond motifs is 4. The van der Waals surface area contributed by atoms with Crippen LogP contribution in [-0.2, 0) is 19.1 Å². The number of aromatic nitrogens is 1. The zero-order valence-electron chi connectivity index (χ0n) is 23.6. The van der Waals surface area contributed by atoms with Crippen molar-refractivity contribution < 1.29 is 33.0 Å². The Kier molecular flexibility index (Phi) is 9.35. The van der Waals surface area contributed by atoms with E-state index in [0.717, 1.165) is 10.9 Å². The fourth-order valence-electron chi connectivity index (χ4n) is 4.73. The van der Waals surface area contributed by atoms with Crippen LogP contribution in [0.5, 0.6) is 0 Å². The van der Waals surface area contributed by atoms with Gasteiger partial charge in [0.15, 0.2) is 6.29 Å². The van der Waals surface area contributed by atoms with E-state index in [2.05, 4.69) is 16.1 Å². The first-order valence-corrected chi connectivity index (χ1v) is 13.7. The number of nitrogens with zero attached hydrogens (tertiary/aromatic N) is 2. The van der Waals surface area contributed by atoms with Gasteiger partial charge in [0, 0.05) is 23.8 Å². The second-order valence-electron chi connectivity index (χ2n) is 11.2. The number of hydrogen-bond donors (Lipinski definition) is 4. The molecule has 1 aromatic carbocycles. The SMILES string of the molecule is C[C@@H]1NC(=O)[C@H](CC(F)F)OC(O)C(C)(C)/C=C/c2ccc3ccc(nc3c2)[C@@H](C)NC(=O)[C@@H]2CCCN(N2)C1=O. The predicted molar refractivity (Wildman–Crippen MR) is 148 cm³/mol. The van der Waals surface area contributed by atoms with Crippen molar-refractivity contribution in [3.8, 4) is 0 Å². The maximum atomic E-state index is 13.4. The van der Waals surface area contributed by atoms with E-state index in [1.807, 2.05) is 37.3 Å². The molecule has 10 nitrogen and oxygen atoms in total. The second-order valence-corrected chi connectivity index (χ2v) is 11.2. The van der Waals surface area contributed by atoms with Crippen LogP contribution < -0.4 is 16.1 Å². The van der Waals surface area contributed by atoms with Gasteiger partial charge in [-0.2, -0.15) is 0 Å². The Morgan fingerprint density at radius 3 is 2.54 bits per heavy atom. The molecule has 1 fully saturated rings. The number of carbonyl (C=O) groups excluding carboxylic acids is 3. The molecule has 12 heteroatoms. The van der Waals surface area contributed by atoms with Gasteiger partial charge in [0.05, 0.1) is 17.3 Å². The van der Waals surface area contributed by atoms with E-state index in [0.29, 0.717) is 30.6 Å². The molecule has 5 atom stereocenters. The van der Waals surface area contributed by atoms with Crippen molar-refractivity contribution in [3.63, 3.8) is 0 Å². The minimum Gasteiger partial charge on any atom is -0.367 e. The molecule has 2 aliphatic heterocycles. The first-order chi connectivity index (χ1) is 19.3. The largest absolute Gasteiger partial charge is 0.367 e. The van der Waals surface area contributed by atoms with Gasteiger partial charge in [-0.15, -0.1) is 0 Å². The number of carbonyl (C=O) groups is 3. The number of ether oxygens (including phenoxy) is 1. The van der Waals surface area contributed by atoms with Crippen LogP contribution in [0.1, 0.15) is 64.3 Å². The molecule has 2 aliphatic rings. The minimum absolute atomic E-state index is 0.295. The van der Waals surface area contributed by atoms with Crippen LogP contribution in [0.3, 0.4) is 0 Å². The molecular weight excluding hydrogens is 536 g/mol. The van der Waals surface area contributed by atoms with Crippen molar-refractivity contribution in [2.75, 3.05) is 6.54 Å². The number of rotatable bonds is 2. The fourth-order valence-corrected chi connectivity index (χ4v) is 4.73. The summed E-state index contributed by atoms with van der Waals surface area (Å²) >= 11 is 0. The standard InChI is InChI=1S/C29H37F2N5O5/c1-16-20-10-9-19-8-7-18(14-22(19)34-20)11-12-29(3,4)28(40)41-23(15-24(30)31)26(38)33-17(2)27(39)36-13-5-6-21(35-36)25(37)32-16/h7-12,14,16-17,21,23-24,28,35,40H,5-6,13,15H2,1-4H3,(H,32,37)(H,33,38)/b12-11+/t16-,17+,21+,23+,28?/m1/s1. The first-order valence-electron chi connectivity index (χ1n) is 13.7. The highest BCUT2D eigenvalue weighted by Crippen LogP contribution is 2.28. The lowest BCUT2D eigenvalue weighted by atomic mass is 9.91. The molecule has 1 unspecified atom stereocenters. The highest BCUT2D eigenvalue weighted by molar-refractivity contribution is 5.89. The number of hydrogen-bond acceptors (Lipinski definition) is 7. The number of alkyl halides is 2. The highest BCUT2D eigenvalue weighted by atomic mass is 19.3. The lowest BCUT2D eigenvalue weighted by Gasteiger charge is -2.35. The Morgan fingerprint density at radius 1 is 1.10 bits per heavy atom. The molecule has 3 heterocycles. The monoisotopic (exact) mass is 573 g/mol. The van der Waals surface area contributed by atoms with E-state index in [1.165, 1.54) is 11.9 Å². The molecular formula is C29H37F2N5O5.